The zero-order chi connectivity index (χ0) is 33.7. The second kappa shape index (κ2) is 14.4. The van der Waals surface area contributed by atoms with Gasteiger partial charge in [-0.3, -0.25) is 19.1 Å². The van der Waals surface area contributed by atoms with Crippen LogP contribution in [-0.2, 0) is 15.1 Å². The molecular formula is C37H34N2O8S. The molecule has 2 N–H and O–H groups in total. The number of thioether (sulfide) groups is 1. The minimum atomic E-state index is -1.32. The Kier molecular flexibility index (Phi) is 9.93. The molecule has 4 aromatic carbocycles. The minimum Gasteiger partial charge on any atom is -0.497 e. The van der Waals surface area contributed by atoms with Crippen LogP contribution < -0.4 is 20.7 Å². The third-order valence-electron chi connectivity index (χ3n) is 8.33. The molecule has 0 bridgehead atoms. The van der Waals surface area contributed by atoms with Crippen molar-refractivity contribution >= 4 is 16.9 Å². The number of carbonyl (C=O) groups is 1. The van der Waals surface area contributed by atoms with Gasteiger partial charge in [-0.15, -0.1) is 0 Å². The van der Waals surface area contributed by atoms with Crippen molar-refractivity contribution in [2.45, 2.75) is 29.3 Å². The van der Waals surface area contributed by atoms with E-state index in [-0.39, 0.29) is 5.12 Å². The predicted molar refractivity (Wildman–Crippen MR) is 182 cm³/mol. The number of methoxy groups -OCH3 is 2. The number of hydrogen-bond donors (Lipinski definition) is 2. The highest BCUT2D eigenvalue weighted by atomic mass is 32.2. The van der Waals surface area contributed by atoms with Crippen LogP contribution in [0.5, 0.6) is 11.5 Å². The Bertz CT molecular complexity index is 1900. The van der Waals surface area contributed by atoms with Crippen LogP contribution in [0, 0.1) is 0 Å². The van der Waals surface area contributed by atoms with Gasteiger partial charge in [0.2, 0.25) is 5.12 Å². The van der Waals surface area contributed by atoms with Gasteiger partial charge < -0.3 is 24.1 Å². The van der Waals surface area contributed by atoms with E-state index in [0.29, 0.717) is 17.1 Å². The number of aromatic amines is 1. The summed E-state index contributed by atoms with van der Waals surface area (Å²) in [6.07, 6.45) is -1.72. The number of benzene rings is 4. The lowest BCUT2D eigenvalue weighted by Crippen LogP contribution is -2.45. The molecule has 11 heteroatoms. The number of ether oxygens (including phenoxy) is 4. The summed E-state index contributed by atoms with van der Waals surface area (Å²) in [5, 5.41) is 9.61. The van der Waals surface area contributed by atoms with Gasteiger partial charge >= 0.3 is 5.69 Å². The largest absolute Gasteiger partial charge is 0.497 e. The van der Waals surface area contributed by atoms with Crippen molar-refractivity contribution in [3.8, 4) is 11.5 Å². The Hall–Kier alpha value is -4.94. The van der Waals surface area contributed by atoms with Crippen molar-refractivity contribution in [2.24, 2.45) is 0 Å². The molecule has 0 saturated carbocycles. The molecule has 0 aliphatic carbocycles. The van der Waals surface area contributed by atoms with E-state index in [1.54, 1.807) is 38.5 Å². The minimum absolute atomic E-state index is 0.280. The fourth-order valence-corrected chi connectivity index (χ4v) is 7.17. The van der Waals surface area contributed by atoms with Crippen LogP contribution >= 0.6 is 11.8 Å². The first-order chi connectivity index (χ1) is 23.4. The Morgan fingerprint density at radius 2 is 1.35 bits per heavy atom. The number of hydrogen-bond acceptors (Lipinski definition) is 9. The van der Waals surface area contributed by atoms with Crippen LogP contribution in [0.4, 0.5) is 0 Å². The summed E-state index contributed by atoms with van der Waals surface area (Å²) in [6.45, 7) is -0.480. The van der Waals surface area contributed by atoms with Gasteiger partial charge in [0.1, 0.15) is 29.3 Å². The lowest BCUT2D eigenvalue weighted by Gasteiger charge is -2.40. The number of aliphatic hydroxyl groups is 1. The van der Waals surface area contributed by atoms with E-state index in [0.717, 1.165) is 28.5 Å². The van der Waals surface area contributed by atoms with E-state index in [9.17, 15) is 19.5 Å². The van der Waals surface area contributed by atoms with Gasteiger partial charge in [-0.25, -0.2) is 4.79 Å². The summed E-state index contributed by atoms with van der Waals surface area (Å²) in [6, 6.07) is 34.5. The number of nitrogens with zero attached hydrogens (tertiary/aromatic N) is 1. The van der Waals surface area contributed by atoms with Crippen molar-refractivity contribution in [1.82, 2.24) is 9.55 Å². The molecular weight excluding hydrogens is 632 g/mol. The summed E-state index contributed by atoms with van der Waals surface area (Å²) < 4.78 is 25.9. The first kappa shape index (κ1) is 33.0. The third-order valence-corrected chi connectivity index (χ3v) is 9.55. The topological polar surface area (TPSA) is 129 Å². The predicted octanol–water partition coefficient (Wildman–Crippen LogP) is 4.76. The quantitative estimate of drug-likeness (QED) is 0.192. The summed E-state index contributed by atoms with van der Waals surface area (Å²) in [7, 11) is 3.18. The van der Waals surface area contributed by atoms with Crippen LogP contribution in [0.1, 0.15) is 33.3 Å². The molecule has 2 unspecified atom stereocenters. The van der Waals surface area contributed by atoms with E-state index in [1.807, 2.05) is 84.9 Å². The van der Waals surface area contributed by atoms with Crippen molar-refractivity contribution in [3.05, 3.63) is 165 Å². The van der Waals surface area contributed by atoms with Crippen LogP contribution in [0.3, 0.4) is 0 Å². The Labute approximate surface area is 280 Å². The van der Waals surface area contributed by atoms with Crippen molar-refractivity contribution in [2.75, 3.05) is 20.8 Å². The monoisotopic (exact) mass is 666 g/mol. The molecule has 1 aromatic heterocycles. The fourth-order valence-electron chi connectivity index (χ4n) is 5.97. The molecule has 10 nitrogen and oxygen atoms in total. The molecule has 246 valence electrons. The van der Waals surface area contributed by atoms with E-state index < -0.39 is 47.1 Å². The lowest BCUT2D eigenvalue weighted by molar-refractivity contribution is -0.0990. The second-order valence-electron chi connectivity index (χ2n) is 11.1. The van der Waals surface area contributed by atoms with Crippen LogP contribution in [-0.4, -0.2) is 58.1 Å². The second-order valence-corrected chi connectivity index (χ2v) is 12.2. The molecule has 0 spiro atoms. The SMILES string of the molecule is COc1ccc(C(OC2C(SC(=O)c3ccccc3)[C@@H](n3ccc(=O)[nH]c3=O)O[C@H]2CO)(c2ccccc2)c2ccc(OC)cc2)cc1. The van der Waals surface area contributed by atoms with Gasteiger partial charge in [0.15, 0.2) is 6.23 Å². The average Bonchev–Trinajstić information content (AvgIpc) is 3.47. The normalized spacial score (nSPS) is 19.1. The van der Waals surface area contributed by atoms with Gasteiger partial charge in [0.05, 0.1) is 26.1 Å². The standard InChI is InChI=1S/C37H34N2O8S/c1-44-28-17-13-26(14-18-28)37(25-11-7-4-8-12-25,27-15-19-29(45-2)20-16-27)47-32-30(23-40)46-34(39-22-21-31(41)38-36(39)43)33(32)48-35(42)24-9-5-3-6-10-24/h3-22,30,32-34,40H,23H2,1-2H3,(H,38,41,43)/t30-,32?,33?,34-/m0/s1. The Balaban J connectivity index is 1.56. The molecule has 1 aliphatic heterocycles. The smallest absolute Gasteiger partial charge is 0.330 e. The maximum absolute atomic E-state index is 13.8. The maximum atomic E-state index is 13.8. The lowest BCUT2D eigenvalue weighted by atomic mass is 9.79. The maximum Gasteiger partial charge on any atom is 0.330 e. The molecule has 5 aromatic rings. The van der Waals surface area contributed by atoms with Crippen molar-refractivity contribution < 1.29 is 28.8 Å². The Morgan fingerprint density at radius 3 is 1.88 bits per heavy atom. The van der Waals surface area contributed by atoms with E-state index >= 15 is 0 Å². The average molecular weight is 667 g/mol. The molecule has 1 fully saturated rings. The summed E-state index contributed by atoms with van der Waals surface area (Å²) in [4.78, 5) is 41.1. The number of H-pyrrole nitrogens is 1. The van der Waals surface area contributed by atoms with Gasteiger partial charge in [0.25, 0.3) is 5.56 Å². The molecule has 2 heterocycles. The number of aliphatic hydroxyl groups excluding tert-OH is 1. The highest BCUT2D eigenvalue weighted by Crippen LogP contribution is 2.48. The summed E-state index contributed by atoms with van der Waals surface area (Å²) in [5.41, 5.74) is 0.0643. The molecule has 48 heavy (non-hydrogen) atoms. The highest BCUT2D eigenvalue weighted by molar-refractivity contribution is 8.14. The van der Waals surface area contributed by atoms with Gasteiger partial charge in [-0.2, -0.15) is 0 Å². The van der Waals surface area contributed by atoms with Gasteiger partial charge in [-0.1, -0.05) is 96.7 Å². The number of rotatable bonds is 11. The van der Waals surface area contributed by atoms with Crippen molar-refractivity contribution in [3.63, 3.8) is 0 Å². The van der Waals surface area contributed by atoms with Gasteiger partial charge in [0, 0.05) is 17.8 Å². The first-order valence-corrected chi connectivity index (χ1v) is 16.1. The molecule has 6 rings (SSSR count). The van der Waals surface area contributed by atoms with Crippen LogP contribution in [0.2, 0.25) is 0 Å². The van der Waals surface area contributed by atoms with Crippen LogP contribution in [0.15, 0.2) is 131 Å². The van der Waals surface area contributed by atoms with E-state index in [2.05, 4.69) is 4.98 Å². The molecule has 4 atom stereocenters. The molecule has 0 radical (unpaired) electrons. The number of nitrogens with one attached hydrogen (secondary N) is 1. The van der Waals surface area contributed by atoms with Gasteiger partial charge in [-0.05, 0) is 41.0 Å². The third kappa shape index (κ3) is 6.45. The highest BCUT2D eigenvalue weighted by Gasteiger charge is 2.52. The van der Waals surface area contributed by atoms with Crippen molar-refractivity contribution in [1.29, 1.82) is 0 Å². The number of carbonyl (C=O) groups excluding carboxylic acids is 1. The molecule has 1 aliphatic rings. The van der Waals surface area contributed by atoms with E-state index in [1.165, 1.54) is 16.8 Å². The van der Waals surface area contributed by atoms with Crippen LogP contribution in [0.25, 0.3) is 0 Å². The molecule has 1 saturated heterocycles. The zero-order valence-electron chi connectivity index (χ0n) is 26.2. The number of aromatic nitrogens is 2. The zero-order valence-corrected chi connectivity index (χ0v) is 27.0. The Morgan fingerprint density at radius 1 is 0.812 bits per heavy atom. The fraction of sp³-hybridized carbons (Fsp3) is 0.216. The first-order valence-electron chi connectivity index (χ1n) is 15.2. The summed E-state index contributed by atoms with van der Waals surface area (Å²) in [5.74, 6) is 1.29. The summed E-state index contributed by atoms with van der Waals surface area (Å²) >= 11 is 0.950. The van der Waals surface area contributed by atoms with E-state index in [4.69, 9.17) is 18.9 Å². The molecule has 0 amide bonds.